The monoisotopic (exact) mass is 338 g/mol. The number of aliphatic hydroxyl groups excluding tert-OH is 1. The topological polar surface area (TPSA) is 45.2 Å². The van der Waals surface area contributed by atoms with Crippen LogP contribution in [0.5, 0.6) is 0 Å². The molecule has 2 fully saturated rings. The molecule has 0 saturated carbocycles. The number of hydrogen-bond donors (Lipinski definition) is 1. The summed E-state index contributed by atoms with van der Waals surface area (Å²) in [4.78, 5) is 4.74. The summed E-state index contributed by atoms with van der Waals surface area (Å²) >= 11 is 0. The van der Waals surface area contributed by atoms with Crippen LogP contribution in [-0.4, -0.2) is 74.0 Å². The van der Waals surface area contributed by atoms with Gasteiger partial charge in [-0.3, -0.25) is 4.90 Å². The Morgan fingerprint density at radius 1 is 0.958 bits per heavy atom. The molecule has 0 atom stereocenters. The fraction of sp³-hybridized carbons (Fsp3) is 0.667. The van der Waals surface area contributed by atoms with Crippen LogP contribution in [0.1, 0.15) is 18.4 Å². The largest absolute Gasteiger partial charge is 0.395 e. The van der Waals surface area contributed by atoms with Crippen LogP contribution >= 0.6 is 0 Å². The Labute approximate surface area is 143 Å². The lowest BCUT2D eigenvalue weighted by molar-refractivity contribution is -0.172. The van der Waals surface area contributed by atoms with Gasteiger partial charge in [0.25, 0.3) is 0 Å². The van der Waals surface area contributed by atoms with Crippen LogP contribution in [0.25, 0.3) is 0 Å². The van der Waals surface area contributed by atoms with Crippen LogP contribution in [0.4, 0.5) is 4.39 Å². The summed E-state index contributed by atoms with van der Waals surface area (Å²) in [5.41, 5.74) is 0.897. The zero-order valence-corrected chi connectivity index (χ0v) is 14.1. The third-order valence-electron chi connectivity index (χ3n) is 4.90. The fourth-order valence-corrected chi connectivity index (χ4v) is 3.53. The first kappa shape index (κ1) is 17.8. The van der Waals surface area contributed by atoms with E-state index in [2.05, 4.69) is 9.80 Å². The molecule has 0 bridgehead atoms. The van der Waals surface area contributed by atoms with Gasteiger partial charge in [0.1, 0.15) is 5.82 Å². The lowest BCUT2D eigenvalue weighted by Gasteiger charge is -2.35. The molecule has 1 aromatic carbocycles. The zero-order valence-electron chi connectivity index (χ0n) is 14.1. The second-order valence-electron chi connectivity index (χ2n) is 6.47. The summed E-state index contributed by atoms with van der Waals surface area (Å²) in [6.07, 6.45) is 1.74. The van der Waals surface area contributed by atoms with Crippen LogP contribution in [0.3, 0.4) is 0 Å². The molecule has 2 heterocycles. The number of halogens is 1. The van der Waals surface area contributed by atoms with Gasteiger partial charge in [-0.1, -0.05) is 12.1 Å². The molecule has 0 aromatic heterocycles. The Kier molecular flexibility index (Phi) is 6.19. The predicted molar refractivity (Wildman–Crippen MR) is 89.2 cm³/mol. The first-order chi connectivity index (χ1) is 11.7. The van der Waals surface area contributed by atoms with Crippen molar-refractivity contribution in [3.63, 3.8) is 0 Å². The number of benzene rings is 1. The van der Waals surface area contributed by atoms with Crippen LogP contribution < -0.4 is 0 Å². The van der Waals surface area contributed by atoms with E-state index in [0.29, 0.717) is 13.2 Å². The smallest absolute Gasteiger partial charge is 0.195 e. The number of hydrogen-bond acceptors (Lipinski definition) is 5. The van der Waals surface area contributed by atoms with Crippen molar-refractivity contribution in [1.29, 1.82) is 0 Å². The highest BCUT2D eigenvalue weighted by Gasteiger charge is 2.38. The number of rotatable bonds is 7. The molecular weight excluding hydrogens is 311 g/mol. The van der Waals surface area contributed by atoms with E-state index in [4.69, 9.17) is 14.6 Å². The number of piperazine rings is 1. The number of aliphatic hydroxyl groups is 1. The van der Waals surface area contributed by atoms with Crippen molar-refractivity contribution in [2.75, 3.05) is 59.1 Å². The Morgan fingerprint density at radius 2 is 1.54 bits per heavy atom. The zero-order chi connectivity index (χ0) is 16.8. The van der Waals surface area contributed by atoms with Gasteiger partial charge in [0, 0.05) is 44.7 Å². The van der Waals surface area contributed by atoms with Gasteiger partial charge in [0.15, 0.2) is 5.79 Å². The summed E-state index contributed by atoms with van der Waals surface area (Å²) in [6.45, 7) is 7.25. The molecule has 1 aromatic rings. The van der Waals surface area contributed by atoms with E-state index < -0.39 is 5.79 Å². The van der Waals surface area contributed by atoms with Crippen molar-refractivity contribution in [2.24, 2.45) is 0 Å². The highest BCUT2D eigenvalue weighted by Crippen LogP contribution is 2.36. The summed E-state index contributed by atoms with van der Waals surface area (Å²) in [5, 5.41) is 8.99. The van der Waals surface area contributed by atoms with E-state index in [1.165, 1.54) is 12.1 Å². The molecule has 2 aliphatic heterocycles. The van der Waals surface area contributed by atoms with Gasteiger partial charge in [-0.2, -0.15) is 0 Å². The quantitative estimate of drug-likeness (QED) is 0.815. The van der Waals surface area contributed by atoms with Crippen molar-refractivity contribution in [3.05, 3.63) is 35.6 Å². The highest BCUT2D eigenvalue weighted by molar-refractivity contribution is 5.22. The molecule has 0 amide bonds. The SMILES string of the molecule is OCCN1CCN(CCCC2(c3ccc(F)cc3)OCCO2)CC1. The normalized spacial score (nSPS) is 22.1. The predicted octanol–water partition coefficient (Wildman–Crippen LogP) is 1.42. The molecule has 2 aliphatic rings. The molecule has 5 nitrogen and oxygen atoms in total. The average Bonchev–Trinajstić information content (AvgIpc) is 3.07. The third kappa shape index (κ3) is 4.32. The second kappa shape index (κ2) is 8.36. The molecule has 24 heavy (non-hydrogen) atoms. The molecule has 134 valence electrons. The standard InChI is InChI=1S/C18H27FN2O3/c19-17-4-2-16(3-5-17)18(23-14-15-24-18)6-1-7-20-8-10-21(11-9-20)12-13-22/h2-5,22H,1,6-15H2. The molecule has 3 rings (SSSR count). The molecule has 0 unspecified atom stereocenters. The Balaban J connectivity index is 1.50. The number of nitrogens with zero attached hydrogens (tertiary/aromatic N) is 2. The Bertz CT molecular complexity index is 497. The summed E-state index contributed by atoms with van der Waals surface area (Å²) in [6, 6.07) is 6.44. The van der Waals surface area contributed by atoms with Crippen molar-refractivity contribution in [1.82, 2.24) is 9.80 Å². The van der Waals surface area contributed by atoms with Crippen molar-refractivity contribution < 1.29 is 19.0 Å². The molecule has 1 N–H and O–H groups in total. The Hall–Kier alpha value is -1.05. The maximum absolute atomic E-state index is 13.2. The van der Waals surface area contributed by atoms with E-state index in [-0.39, 0.29) is 12.4 Å². The van der Waals surface area contributed by atoms with Gasteiger partial charge in [-0.05, 0) is 25.1 Å². The summed E-state index contributed by atoms with van der Waals surface area (Å²) in [7, 11) is 0. The lowest BCUT2D eigenvalue weighted by Crippen LogP contribution is -2.47. The minimum atomic E-state index is -0.716. The van der Waals surface area contributed by atoms with Crippen molar-refractivity contribution in [3.8, 4) is 0 Å². The third-order valence-corrected chi connectivity index (χ3v) is 4.90. The molecule has 2 saturated heterocycles. The average molecular weight is 338 g/mol. The summed E-state index contributed by atoms with van der Waals surface area (Å²) < 4.78 is 25.0. The minimum absolute atomic E-state index is 0.231. The van der Waals surface area contributed by atoms with E-state index in [1.54, 1.807) is 12.1 Å². The minimum Gasteiger partial charge on any atom is -0.395 e. The van der Waals surface area contributed by atoms with E-state index in [0.717, 1.165) is 57.7 Å². The van der Waals surface area contributed by atoms with Gasteiger partial charge in [0.05, 0.1) is 19.8 Å². The van der Waals surface area contributed by atoms with Crippen molar-refractivity contribution in [2.45, 2.75) is 18.6 Å². The van der Waals surface area contributed by atoms with Crippen molar-refractivity contribution >= 4 is 0 Å². The van der Waals surface area contributed by atoms with Crippen LogP contribution in [0, 0.1) is 5.82 Å². The van der Waals surface area contributed by atoms with Gasteiger partial charge in [0.2, 0.25) is 0 Å². The first-order valence-electron chi connectivity index (χ1n) is 8.81. The van der Waals surface area contributed by atoms with E-state index >= 15 is 0 Å². The van der Waals surface area contributed by atoms with E-state index in [1.807, 2.05) is 0 Å². The molecule has 0 aliphatic carbocycles. The van der Waals surface area contributed by atoms with Gasteiger partial charge in [-0.25, -0.2) is 4.39 Å². The maximum atomic E-state index is 13.2. The summed E-state index contributed by atoms with van der Waals surface area (Å²) in [5.74, 6) is -0.959. The molecule has 6 heteroatoms. The number of ether oxygens (including phenoxy) is 2. The molecular formula is C18H27FN2O3. The van der Waals surface area contributed by atoms with Crippen LogP contribution in [-0.2, 0) is 15.3 Å². The van der Waals surface area contributed by atoms with Gasteiger partial charge < -0.3 is 19.5 Å². The highest BCUT2D eigenvalue weighted by atomic mass is 19.1. The maximum Gasteiger partial charge on any atom is 0.195 e. The van der Waals surface area contributed by atoms with Gasteiger partial charge >= 0.3 is 0 Å². The molecule has 0 radical (unpaired) electrons. The van der Waals surface area contributed by atoms with Gasteiger partial charge in [-0.15, -0.1) is 0 Å². The lowest BCUT2D eigenvalue weighted by atomic mass is 10.00. The van der Waals surface area contributed by atoms with E-state index in [9.17, 15) is 4.39 Å². The molecule has 0 spiro atoms. The Morgan fingerprint density at radius 3 is 2.12 bits per heavy atom. The number of β-amino-alcohol motifs (C(OH)–C–C–N with tert-alkyl or cyclic N) is 1. The second-order valence-corrected chi connectivity index (χ2v) is 6.47. The van der Waals surface area contributed by atoms with Crippen LogP contribution in [0.15, 0.2) is 24.3 Å². The van der Waals surface area contributed by atoms with Crippen LogP contribution in [0.2, 0.25) is 0 Å². The first-order valence-corrected chi connectivity index (χ1v) is 8.81. The fourth-order valence-electron chi connectivity index (χ4n) is 3.53.